The van der Waals surface area contributed by atoms with Crippen LogP contribution in [0, 0.1) is 13.8 Å². The smallest absolute Gasteiger partial charge is 0.0302 e. The minimum Gasteiger partial charge on any atom is -0.309 e. The van der Waals surface area contributed by atoms with Gasteiger partial charge in [0.15, 0.2) is 0 Å². The van der Waals surface area contributed by atoms with E-state index in [1.165, 1.54) is 28.2 Å². The number of hydrogen-bond acceptors (Lipinski definition) is 2. The molecule has 1 N–H and O–H groups in total. The Bertz CT molecular complexity index is 258. The predicted molar refractivity (Wildman–Crippen MR) is 65.0 cm³/mol. The first-order valence-corrected chi connectivity index (χ1v) is 6.24. The summed E-state index contributed by atoms with van der Waals surface area (Å²) in [6, 6.07) is 2.94. The molecule has 2 heteroatoms. The number of nitrogens with one attached hydrogen (secondary N) is 1. The van der Waals surface area contributed by atoms with Crippen LogP contribution in [0.2, 0.25) is 0 Å². The fourth-order valence-corrected chi connectivity index (χ4v) is 2.55. The fourth-order valence-electron chi connectivity index (χ4n) is 1.55. The molecule has 0 amide bonds. The quantitative estimate of drug-likeness (QED) is 0.784. The lowest BCUT2D eigenvalue weighted by molar-refractivity contribution is 0.511. The molecule has 80 valence electrons. The predicted octanol–water partition coefficient (Wildman–Crippen LogP) is 3.64. The average Bonchev–Trinajstić information content (AvgIpc) is 2.44. The van der Waals surface area contributed by atoms with Crippen molar-refractivity contribution in [2.75, 3.05) is 0 Å². The summed E-state index contributed by atoms with van der Waals surface area (Å²) in [5, 5.41) is 3.55. The van der Waals surface area contributed by atoms with Gasteiger partial charge in [0.1, 0.15) is 0 Å². The Balaban J connectivity index is 2.38. The third kappa shape index (κ3) is 3.43. The van der Waals surface area contributed by atoms with Gasteiger partial charge in [0.2, 0.25) is 0 Å². The van der Waals surface area contributed by atoms with Crippen molar-refractivity contribution in [1.82, 2.24) is 5.32 Å². The van der Waals surface area contributed by atoms with Crippen LogP contribution in [0.4, 0.5) is 0 Å². The lowest BCUT2D eigenvalue weighted by Crippen LogP contribution is -2.24. The summed E-state index contributed by atoms with van der Waals surface area (Å²) < 4.78 is 0. The molecule has 1 unspecified atom stereocenters. The Morgan fingerprint density at radius 1 is 1.43 bits per heavy atom. The van der Waals surface area contributed by atoms with Gasteiger partial charge >= 0.3 is 0 Å². The molecule has 0 saturated carbocycles. The van der Waals surface area contributed by atoms with E-state index in [0.717, 1.165) is 6.54 Å². The second kappa shape index (κ2) is 5.52. The Hall–Kier alpha value is -0.340. The van der Waals surface area contributed by atoms with Crippen LogP contribution in [0.1, 0.15) is 42.0 Å². The maximum atomic E-state index is 3.55. The van der Waals surface area contributed by atoms with E-state index >= 15 is 0 Å². The largest absolute Gasteiger partial charge is 0.309 e. The van der Waals surface area contributed by atoms with Crippen LogP contribution in [-0.2, 0) is 6.54 Å². The van der Waals surface area contributed by atoms with Gasteiger partial charge in [0, 0.05) is 22.3 Å². The van der Waals surface area contributed by atoms with E-state index in [0.29, 0.717) is 6.04 Å². The molecule has 0 bridgehead atoms. The van der Waals surface area contributed by atoms with Gasteiger partial charge in [0.05, 0.1) is 0 Å². The molecule has 0 aliphatic rings. The zero-order valence-electron chi connectivity index (χ0n) is 9.68. The molecule has 1 atom stereocenters. The van der Waals surface area contributed by atoms with E-state index in [-0.39, 0.29) is 0 Å². The van der Waals surface area contributed by atoms with E-state index in [9.17, 15) is 0 Å². The summed E-state index contributed by atoms with van der Waals surface area (Å²) in [4.78, 5) is 2.91. The highest BCUT2D eigenvalue weighted by atomic mass is 32.1. The van der Waals surface area contributed by atoms with Crippen molar-refractivity contribution < 1.29 is 0 Å². The van der Waals surface area contributed by atoms with E-state index in [4.69, 9.17) is 0 Å². The van der Waals surface area contributed by atoms with Gasteiger partial charge in [-0.2, -0.15) is 0 Å². The Kier molecular flexibility index (Phi) is 4.63. The molecular weight excluding hydrogens is 190 g/mol. The third-order valence-corrected chi connectivity index (χ3v) is 3.72. The van der Waals surface area contributed by atoms with E-state index < -0.39 is 0 Å². The molecule has 0 spiro atoms. The third-order valence-electron chi connectivity index (χ3n) is 2.56. The molecule has 1 rings (SSSR count). The molecule has 1 nitrogen and oxygen atoms in total. The van der Waals surface area contributed by atoms with Gasteiger partial charge in [-0.15, -0.1) is 11.3 Å². The molecule has 0 radical (unpaired) electrons. The van der Waals surface area contributed by atoms with Gasteiger partial charge in [0.25, 0.3) is 0 Å². The molecule has 0 aromatic carbocycles. The van der Waals surface area contributed by atoms with Crippen LogP contribution in [0.15, 0.2) is 6.07 Å². The summed E-state index contributed by atoms with van der Waals surface area (Å²) in [5.41, 5.74) is 1.43. The first-order chi connectivity index (χ1) is 6.63. The minimum absolute atomic E-state index is 0.641. The average molecular weight is 211 g/mol. The maximum Gasteiger partial charge on any atom is 0.0302 e. The Morgan fingerprint density at radius 2 is 2.14 bits per heavy atom. The highest BCUT2D eigenvalue weighted by Gasteiger charge is 2.03. The number of aryl methyl sites for hydroxylation is 2. The zero-order valence-corrected chi connectivity index (χ0v) is 10.5. The van der Waals surface area contributed by atoms with Crippen LogP contribution in [0.3, 0.4) is 0 Å². The lowest BCUT2D eigenvalue weighted by atomic mass is 10.2. The normalized spacial score (nSPS) is 13.1. The molecule has 1 aromatic rings. The summed E-state index contributed by atoms with van der Waals surface area (Å²) in [7, 11) is 0. The maximum absolute atomic E-state index is 3.55. The summed E-state index contributed by atoms with van der Waals surface area (Å²) in [6.45, 7) is 9.90. The van der Waals surface area contributed by atoms with Crippen molar-refractivity contribution in [3.05, 3.63) is 21.4 Å². The molecular formula is C12H21NS. The Morgan fingerprint density at radius 3 is 2.64 bits per heavy atom. The molecule has 0 aliphatic carbocycles. The molecule has 0 aliphatic heterocycles. The first kappa shape index (κ1) is 11.7. The van der Waals surface area contributed by atoms with Gasteiger partial charge in [-0.3, -0.25) is 0 Å². The molecule has 1 aromatic heterocycles. The molecule has 1 heterocycles. The van der Waals surface area contributed by atoms with Crippen molar-refractivity contribution in [1.29, 1.82) is 0 Å². The highest BCUT2D eigenvalue weighted by molar-refractivity contribution is 7.12. The second-order valence-corrected chi connectivity index (χ2v) is 5.36. The summed E-state index contributed by atoms with van der Waals surface area (Å²) >= 11 is 1.91. The Labute approximate surface area is 91.5 Å². The monoisotopic (exact) mass is 211 g/mol. The van der Waals surface area contributed by atoms with Gasteiger partial charge < -0.3 is 5.32 Å². The van der Waals surface area contributed by atoms with E-state index in [1.807, 2.05) is 11.3 Å². The lowest BCUT2D eigenvalue weighted by Gasteiger charge is -2.11. The summed E-state index contributed by atoms with van der Waals surface area (Å²) in [6.07, 6.45) is 2.53. The van der Waals surface area contributed by atoms with Gasteiger partial charge in [-0.1, -0.05) is 13.3 Å². The van der Waals surface area contributed by atoms with Crippen LogP contribution in [0.5, 0.6) is 0 Å². The van der Waals surface area contributed by atoms with Crippen molar-refractivity contribution >= 4 is 11.3 Å². The zero-order chi connectivity index (χ0) is 10.6. The van der Waals surface area contributed by atoms with Gasteiger partial charge in [-0.25, -0.2) is 0 Å². The van der Waals surface area contributed by atoms with Crippen LogP contribution in [0.25, 0.3) is 0 Å². The first-order valence-electron chi connectivity index (χ1n) is 5.42. The molecule has 14 heavy (non-hydrogen) atoms. The van der Waals surface area contributed by atoms with E-state index in [1.54, 1.807) is 0 Å². The highest BCUT2D eigenvalue weighted by Crippen LogP contribution is 2.20. The van der Waals surface area contributed by atoms with Gasteiger partial charge in [-0.05, 0) is 38.8 Å². The van der Waals surface area contributed by atoms with E-state index in [2.05, 4.69) is 39.1 Å². The van der Waals surface area contributed by atoms with Crippen molar-refractivity contribution in [3.63, 3.8) is 0 Å². The standard InChI is InChI=1S/C12H21NS/c1-5-6-10(3)13-8-12-7-9(2)11(4)14-12/h7,10,13H,5-6,8H2,1-4H3. The minimum atomic E-state index is 0.641. The van der Waals surface area contributed by atoms with Crippen LogP contribution >= 0.6 is 11.3 Å². The summed E-state index contributed by atoms with van der Waals surface area (Å²) in [5.74, 6) is 0. The topological polar surface area (TPSA) is 12.0 Å². The SMILES string of the molecule is CCCC(C)NCc1cc(C)c(C)s1. The number of hydrogen-bond donors (Lipinski definition) is 1. The van der Waals surface area contributed by atoms with Crippen LogP contribution in [-0.4, -0.2) is 6.04 Å². The molecule has 0 saturated heterocycles. The molecule has 0 fully saturated rings. The second-order valence-electron chi connectivity index (χ2n) is 4.02. The van der Waals surface area contributed by atoms with Crippen molar-refractivity contribution in [2.24, 2.45) is 0 Å². The fraction of sp³-hybridized carbons (Fsp3) is 0.667. The van der Waals surface area contributed by atoms with Crippen LogP contribution < -0.4 is 5.32 Å². The number of thiophene rings is 1. The number of rotatable bonds is 5. The van der Waals surface area contributed by atoms with Crippen molar-refractivity contribution in [3.8, 4) is 0 Å². The van der Waals surface area contributed by atoms with Crippen molar-refractivity contribution in [2.45, 2.75) is 53.1 Å².